The van der Waals surface area contributed by atoms with Crippen molar-refractivity contribution in [1.29, 1.82) is 0 Å². The average molecular weight is 519 g/mol. The summed E-state index contributed by atoms with van der Waals surface area (Å²) in [6.07, 6.45) is 0. The van der Waals surface area contributed by atoms with Gasteiger partial charge in [0.25, 0.3) is 11.6 Å². The number of carbonyl (C=O) groups is 2. The molecule has 2 aromatic carbocycles. The molecule has 0 aliphatic carbocycles. The Balaban J connectivity index is 1.28. The van der Waals surface area contributed by atoms with Crippen molar-refractivity contribution < 1.29 is 14.5 Å². The SMILES string of the molecule is O=C(CSc1nnc(N2CCN(C(=O)c3ccc(Cl)c([N+](=O)[O-])c3)CC2)s1)Nc1ccccc1. The maximum atomic E-state index is 12.8. The monoisotopic (exact) mass is 518 g/mol. The maximum absolute atomic E-state index is 12.8. The van der Waals surface area contributed by atoms with Crippen LogP contribution in [0.3, 0.4) is 0 Å². The van der Waals surface area contributed by atoms with Gasteiger partial charge in [0.15, 0.2) is 4.34 Å². The van der Waals surface area contributed by atoms with Gasteiger partial charge in [-0.3, -0.25) is 19.7 Å². The van der Waals surface area contributed by atoms with Crippen molar-refractivity contribution >= 4 is 63.0 Å². The van der Waals surface area contributed by atoms with Crippen LogP contribution in [0.1, 0.15) is 10.4 Å². The summed E-state index contributed by atoms with van der Waals surface area (Å²) < 4.78 is 0.685. The van der Waals surface area contributed by atoms with E-state index in [1.54, 1.807) is 4.90 Å². The fraction of sp³-hybridized carbons (Fsp3) is 0.238. The summed E-state index contributed by atoms with van der Waals surface area (Å²) in [4.78, 5) is 39.1. The van der Waals surface area contributed by atoms with Crippen LogP contribution in [0, 0.1) is 10.1 Å². The van der Waals surface area contributed by atoms with E-state index in [0.29, 0.717) is 30.5 Å². The summed E-state index contributed by atoms with van der Waals surface area (Å²) in [5, 5.41) is 23.0. The van der Waals surface area contributed by atoms with Crippen LogP contribution in [0.15, 0.2) is 52.9 Å². The molecule has 13 heteroatoms. The fourth-order valence-corrected chi connectivity index (χ4v) is 5.18. The molecule has 0 atom stereocenters. The van der Waals surface area contributed by atoms with Gasteiger partial charge in [0, 0.05) is 43.5 Å². The van der Waals surface area contributed by atoms with Crippen LogP contribution >= 0.6 is 34.7 Å². The highest BCUT2D eigenvalue weighted by Crippen LogP contribution is 2.29. The number of nitrogens with zero attached hydrogens (tertiary/aromatic N) is 5. The minimum atomic E-state index is -0.604. The highest BCUT2D eigenvalue weighted by atomic mass is 35.5. The smallest absolute Gasteiger partial charge is 0.288 e. The lowest BCUT2D eigenvalue weighted by atomic mass is 10.1. The third-order valence-electron chi connectivity index (χ3n) is 5.01. The number of thioether (sulfide) groups is 1. The largest absolute Gasteiger partial charge is 0.343 e. The normalized spacial score (nSPS) is 13.6. The Kier molecular flexibility index (Phi) is 7.60. The molecular formula is C21H19ClN6O4S2. The van der Waals surface area contributed by atoms with Gasteiger partial charge in [-0.2, -0.15) is 0 Å². The summed E-state index contributed by atoms with van der Waals surface area (Å²) in [6.45, 7) is 1.98. The number of nitro benzene ring substituents is 1. The van der Waals surface area contributed by atoms with Gasteiger partial charge in [0.2, 0.25) is 11.0 Å². The molecule has 1 aliphatic rings. The zero-order chi connectivity index (χ0) is 24.1. The molecule has 0 bridgehead atoms. The predicted molar refractivity (Wildman–Crippen MR) is 132 cm³/mol. The number of benzene rings is 2. The number of hydrogen-bond acceptors (Lipinski definition) is 9. The number of nitrogens with one attached hydrogen (secondary N) is 1. The minimum Gasteiger partial charge on any atom is -0.343 e. The number of carbonyl (C=O) groups excluding carboxylic acids is 2. The standard InChI is InChI=1S/C21H19ClN6O4S2/c22-16-7-6-14(12-17(16)28(31)32)19(30)26-8-10-27(11-9-26)20-24-25-21(34-20)33-13-18(29)23-15-4-2-1-3-5-15/h1-7,12H,8-11,13H2,(H,23,29). The second-order valence-corrected chi connectivity index (χ2v) is 9.84. The van der Waals surface area contributed by atoms with Crippen molar-refractivity contribution in [2.24, 2.45) is 0 Å². The highest BCUT2D eigenvalue weighted by Gasteiger charge is 2.26. The Morgan fingerprint density at radius 2 is 1.85 bits per heavy atom. The molecule has 1 N–H and O–H groups in total. The first kappa shape index (κ1) is 23.9. The fourth-order valence-electron chi connectivity index (χ4n) is 3.30. The number of halogens is 1. The molecule has 2 amide bonds. The van der Waals surface area contributed by atoms with E-state index >= 15 is 0 Å². The number of anilines is 2. The van der Waals surface area contributed by atoms with E-state index in [9.17, 15) is 19.7 Å². The topological polar surface area (TPSA) is 122 Å². The summed E-state index contributed by atoms with van der Waals surface area (Å²) in [5.41, 5.74) is 0.682. The van der Waals surface area contributed by atoms with Crippen LogP contribution in [0.2, 0.25) is 5.02 Å². The van der Waals surface area contributed by atoms with E-state index in [2.05, 4.69) is 15.5 Å². The van der Waals surface area contributed by atoms with Gasteiger partial charge in [0.05, 0.1) is 10.7 Å². The second-order valence-electron chi connectivity index (χ2n) is 7.26. The Morgan fingerprint density at radius 1 is 1.12 bits per heavy atom. The molecule has 34 heavy (non-hydrogen) atoms. The van der Waals surface area contributed by atoms with Crippen molar-refractivity contribution in [3.8, 4) is 0 Å². The van der Waals surface area contributed by atoms with E-state index in [4.69, 9.17) is 11.6 Å². The van der Waals surface area contributed by atoms with Crippen molar-refractivity contribution in [3.63, 3.8) is 0 Å². The lowest BCUT2D eigenvalue weighted by Crippen LogP contribution is -2.48. The molecule has 0 spiro atoms. The Bertz CT molecular complexity index is 1200. The number of aromatic nitrogens is 2. The van der Waals surface area contributed by atoms with Gasteiger partial charge in [-0.15, -0.1) is 10.2 Å². The molecule has 10 nitrogen and oxygen atoms in total. The molecule has 0 radical (unpaired) electrons. The minimum absolute atomic E-state index is 0.00569. The molecule has 1 aliphatic heterocycles. The quantitative estimate of drug-likeness (QED) is 0.285. The Hall–Kier alpha value is -3.22. The molecule has 4 rings (SSSR count). The van der Waals surface area contributed by atoms with Gasteiger partial charge in [0.1, 0.15) is 5.02 Å². The van der Waals surface area contributed by atoms with Gasteiger partial charge < -0.3 is 15.1 Å². The van der Waals surface area contributed by atoms with E-state index in [0.717, 1.165) is 10.8 Å². The number of hydrogen-bond donors (Lipinski definition) is 1. The van der Waals surface area contributed by atoms with Gasteiger partial charge in [-0.05, 0) is 24.3 Å². The van der Waals surface area contributed by atoms with Crippen molar-refractivity contribution in [2.75, 3.05) is 42.1 Å². The first-order chi connectivity index (χ1) is 16.4. The number of nitro groups is 1. The van der Waals surface area contributed by atoms with Crippen molar-refractivity contribution in [3.05, 3.63) is 69.2 Å². The van der Waals surface area contributed by atoms with Gasteiger partial charge in [-0.1, -0.05) is 52.9 Å². The maximum Gasteiger partial charge on any atom is 0.288 e. The first-order valence-corrected chi connectivity index (χ1v) is 12.4. The predicted octanol–water partition coefficient (Wildman–Crippen LogP) is 3.79. The Morgan fingerprint density at radius 3 is 2.56 bits per heavy atom. The zero-order valence-electron chi connectivity index (χ0n) is 17.7. The van der Waals surface area contributed by atoms with E-state index < -0.39 is 4.92 Å². The van der Waals surface area contributed by atoms with E-state index in [-0.39, 0.29) is 33.8 Å². The molecule has 3 aromatic rings. The lowest BCUT2D eigenvalue weighted by Gasteiger charge is -2.34. The molecule has 0 saturated carbocycles. The van der Waals surface area contributed by atoms with Crippen LogP contribution in [0.25, 0.3) is 0 Å². The second kappa shape index (κ2) is 10.8. The number of amides is 2. The Labute approximate surface area is 208 Å². The van der Waals surface area contributed by atoms with Crippen LogP contribution in [-0.4, -0.2) is 63.8 Å². The highest BCUT2D eigenvalue weighted by molar-refractivity contribution is 8.01. The summed E-state index contributed by atoms with van der Waals surface area (Å²) in [5.74, 6) is -0.182. The molecule has 1 aromatic heterocycles. The van der Waals surface area contributed by atoms with Crippen molar-refractivity contribution in [2.45, 2.75) is 4.34 Å². The number of piperazine rings is 1. The average Bonchev–Trinajstić information content (AvgIpc) is 3.32. The van der Waals surface area contributed by atoms with E-state index in [1.807, 2.05) is 35.2 Å². The summed E-state index contributed by atoms with van der Waals surface area (Å²) in [7, 11) is 0. The third-order valence-corrected chi connectivity index (χ3v) is 7.44. The third kappa shape index (κ3) is 5.82. The zero-order valence-corrected chi connectivity index (χ0v) is 20.1. The summed E-state index contributed by atoms with van der Waals surface area (Å²) >= 11 is 8.55. The molecule has 0 unspecified atom stereocenters. The van der Waals surface area contributed by atoms with Crippen LogP contribution in [-0.2, 0) is 4.79 Å². The van der Waals surface area contributed by atoms with Crippen LogP contribution in [0.5, 0.6) is 0 Å². The summed E-state index contributed by atoms with van der Waals surface area (Å²) in [6, 6.07) is 13.3. The lowest BCUT2D eigenvalue weighted by molar-refractivity contribution is -0.384. The molecule has 176 valence electrons. The molecule has 1 saturated heterocycles. The van der Waals surface area contributed by atoms with Gasteiger partial charge >= 0.3 is 0 Å². The first-order valence-electron chi connectivity index (χ1n) is 10.2. The molecule has 1 fully saturated rings. The molecule has 2 heterocycles. The van der Waals surface area contributed by atoms with Crippen molar-refractivity contribution in [1.82, 2.24) is 15.1 Å². The van der Waals surface area contributed by atoms with Crippen LogP contribution < -0.4 is 10.2 Å². The van der Waals surface area contributed by atoms with Crippen LogP contribution in [0.4, 0.5) is 16.5 Å². The van der Waals surface area contributed by atoms with E-state index in [1.165, 1.54) is 41.3 Å². The van der Waals surface area contributed by atoms with Gasteiger partial charge in [-0.25, -0.2) is 0 Å². The number of para-hydroxylation sites is 1. The number of rotatable bonds is 7. The molecular weight excluding hydrogens is 500 g/mol.